The first-order chi connectivity index (χ1) is 12.5. The molecule has 1 aromatic carbocycles. The van der Waals surface area contributed by atoms with Crippen LogP contribution in [0.5, 0.6) is 0 Å². The van der Waals surface area contributed by atoms with Crippen molar-refractivity contribution < 1.29 is 24.4 Å². The molecule has 1 unspecified atom stereocenters. The third-order valence-corrected chi connectivity index (χ3v) is 4.61. The quantitative estimate of drug-likeness (QED) is 0.536. The molecule has 5 atom stereocenters. The van der Waals surface area contributed by atoms with Crippen LogP contribution in [0.25, 0.3) is 11.0 Å². The standard InChI is InChI=1S/C17H17FN4O4/c18-9-3-1-8(2-4-9)11(23)14-12(24)13(25)17(26-14)22-6-5-10-15(19)20-7-21-16(10)22/h1-7,11-14,17,23-25H,(H2,19,20,21)/t11?,12-,13+,14+,17+/m0/s1. The summed E-state index contributed by atoms with van der Waals surface area (Å²) in [6.07, 6.45) is -3.07. The van der Waals surface area contributed by atoms with Gasteiger partial charge in [0.2, 0.25) is 0 Å². The molecule has 2 aromatic heterocycles. The fraction of sp³-hybridized carbons (Fsp3) is 0.294. The van der Waals surface area contributed by atoms with Gasteiger partial charge in [-0.15, -0.1) is 0 Å². The van der Waals surface area contributed by atoms with Crippen molar-refractivity contribution in [3.05, 3.63) is 54.2 Å². The van der Waals surface area contributed by atoms with Gasteiger partial charge in [-0.3, -0.25) is 0 Å². The molecule has 1 fully saturated rings. The first-order valence-corrected chi connectivity index (χ1v) is 7.99. The van der Waals surface area contributed by atoms with Crippen LogP contribution in [0.4, 0.5) is 10.2 Å². The smallest absolute Gasteiger partial charge is 0.164 e. The van der Waals surface area contributed by atoms with Crippen molar-refractivity contribution in [3.8, 4) is 0 Å². The summed E-state index contributed by atoms with van der Waals surface area (Å²) < 4.78 is 20.3. The molecule has 9 heteroatoms. The number of nitrogens with two attached hydrogens (primary N) is 1. The second-order valence-electron chi connectivity index (χ2n) is 6.19. The van der Waals surface area contributed by atoms with Gasteiger partial charge in [-0.1, -0.05) is 12.1 Å². The van der Waals surface area contributed by atoms with Gasteiger partial charge in [0.15, 0.2) is 6.23 Å². The van der Waals surface area contributed by atoms with E-state index in [0.717, 1.165) is 0 Å². The second kappa shape index (κ2) is 6.29. The zero-order valence-electron chi connectivity index (χ0n) is 13.5. The van der Waals surface area contributed by atoms with E-state index in [2.05, 4.69) is 9.97 Å². The van der Waals surface area contributed by atoms with Crippen molar-refractivity contribution in [2.75, 3.05) is 5.73 Å². The zero-order chi connectivity index (χ0) is 18.4. The number of rotatable bonds is 3. The topological polar surface area (TPSA) is 127 Å². The van der Waals surface area contributed by atoms with Crippen LogP contribution in [0.1, 0.15) is 17.9 Å². The highest BCUT2D eigenvalue weighted by Crippen LogP contribution is 2.37. The van der Waals surface area contributed by atoms with Crippen LogP contribution in [0.15, 0.2) is 42.9 Å². The maximum Gasteiger partial charge on any atom is 0.164 e. The molecule has 3 aromatic rings. The van der Waals surface area contributed by atoms with Gasteiger partial charge in [-0.05, 0) is 23.8 Å². The first kappa shape index (κ1) is 16.9. The SMILES string of the molecule is Nc1ncnc2c1ccn2[C@@H]1O[C@H](C(O)c2ccc(F)cc2)[C@@H](O)[C@H]1O. The third kappa shape index (κ3) is 2.61. The van der Waals surface area contributed by atoms with Gasteiger partial charge in [0.05, 0.1) is 5.39 Å². The lowest BCUT2D eigenvalue weighted by molar-refractivity contribution is -0.0848. The predicted octanol–water partition coefficient (Wildman–Crippen LogP) is 0.505. The first-order valence-electron chi connectivity index (χ1n) is 7.99. The van der Waals surface area contributed by atoms with E-state index in [-0.39, 0.29) is 5.82 Å². The molecule has 8 nitrogen and oxygen atoms in total. The molecule has 0 spiro atoms. The van der Waals surface area contributed by atoms with Crippen molar-refractivity contribution in [2.24, 2.45) is 0 Å². The third-order valence-electron chi connectivity index (χ3n) is 4.61. The number of fused-ring (bicyclic) bond motifs is 1. The Labute approximate surface area is 147 Å². The van der Waals surface area contributed by atoms with E-state index in [9.17, 15) is 19.7 Å². The molecule has 136 valence electrons. The van der Waals surface area contributed by atoms with Crippen molar-refractivity contribution in [2.45, 2.75) is 30.6 Å². The van der Waals surface area contributed by atoms with Gasteiger partial charge in [0.25, 0.3) is 0 Å². The molecule has 0 amide bonds. The van der Waals surface area contributed by atoms with E-state index < -0.39 is 36.5 Å². The Kier molecular flexibility index (Phi) is 4.08. The predicted molar refractivity (Wildman–Crippen MR) is 89.2 cm³/mol. The van der Waals surface area contributed by atoms with Crippen LogP contribution >= 0.6 is 0 Å². The molecule has 1 aliphatic rings. The highest BCUT2D eigenvalue weighted by atomic mass is 19.1. The number of hydrogen-bond acceptors (Lipinski definition) is 7. The van der Waals surface area contributed by atoms with Gasteiger partial charge >= 0.3 is 0 Å². The number of aliphatic hydroxyl groups is 3. The van der Waals surface area contributed by atoms with Gasteiger partial charge < -0.3 is 30.4 Å². The average Bonchev–Trinajstić information content (AvgIpc) is 3.18. The lowest BCUT2D eigenvalue weighted by Gasteiger charge is -2.21. The van der Waals surface area contributed by atoms with Crippen LogP contribution in [0.2, 0.25) is 0 Å². The minimum Gasteiger partial charge on any atom is -0.387 e. The van der Waals surface area contributed by atoms with Gasteiger partial charge in [-0.25, -0.2) is 14.4 Å². The van der Waals surface area contributed by atoms with Crippen LogP contribution in [0, 0.1) is 5.82 Å². The Balaban J connectivity index is 1.65. The summed E-state index contributed by atoms with van der Waals surface area (Å²) in [4.78, 5) is 8.04. The summed E-state index contributed by atoms with van der Waals surface area (Å²) >= 11 is 0. The maximum absolute atomic E-state index is 13.1. The summed E-state index contributed by atoms with van der Waals surface area (Å²) in [6.45, 7) is 0. The summed E-state index contributed by atoms with van der Waals surface area (Å²) in [6, 6.07) is 6.88. The number of nitrogens with zero attached hydrogens (tertiary/aromatic N) is 3. The lowest BCUT2D eigenvalue weighted by Crippen LogP contribution is -2.34. The molecule has 0 saturated carbocycles. The molecule has 0 bridgehead atoms. The minimum atomic E-state index is -1.35. The molecular weight excluding hydrogens is 343 g/mol. The average molecular weight is 360 g/mol. The van der Waals surface area contributed by atoms with Crippen LogP contribution in [-0.2, 0) is 4.74 Å². The second-order valence-corrected chi connectivity index (χ2v) is 6.19. The van der Waals surface area contributed by atoms with Crippen LogP contribution < -0.4 is 5.73 Å². The van der Waals surface area contributed by atoms with Gasteiger partial charge in [-0.2, -0.15) is 0 Å². The van der Waals surface area contributed by atoms with E-state index in [4.69, 9.17) is 10.5 Å². The number of anilines is 1. The van der Waals surface area contributed by atoms with E-state index >= 15 is 0 Å². The Morgan fingerprint density at radius 2 is 1.85 bits per heavy atom. The van der Waals surface area contributed by atoms with Crippen LogP contribution in [0.3, 0.4) is 0 Å². The number of ether oxygens (including phenoxy) is 1. The summed E-state index contributed by atoms with van der Waals surface area (Å²) in [7, 11) is 0. The summed E-state index contributed by atoms with van der Waals surface area (Å²) in [5.41, 5.74) is 6.61. The Bertz CT molecular complexity index is 932. The number of aromatic nitrogens is 3. The Morgan fingerprint density at radius 1 is 1.12 bits per heavy atom. The highest BCUT2D eigenvalue weighted by molar-refractivity contribution is 5.86. The van der Waals surface area contributed by atoms with E-state index in [1.165, 1.54) is 35.2 Å². The van der Waals surface area contributed by atoms with Crippen LogP contribution in [-0.4, -0.2) is 48.2 Å². The molecule has 1 saturated heterocycles. The number of benzene rings is 1. The van der Waals surface area contributed by atoms with Crippen molar-refractivity contribution >= 4 is 16.9 Å². The summed E-state index contributed by atoms with van der Waals surface area (Å²) in [5, 5.41) is 31.9. The van der Waals surface area contributed by atoms with E-state index in [1.54, 1.807) is 12.3 Å². The number of aliphatic hydroxyl groups excluding tert-OH is 3. The number of hydrogen-bond donors (Lipinski definition) is 4. The Hall–Kier alpha value is -2.59. The molecule has 1 aliphatic heterocycles. The number of halogens is 1. The zero-order valence-corrected chi connectivity index (χ0v) is 13.5. The molecule has 5 N–H and O–H groups in total. The fourth-order valence-electron chi connectivity index (χ4n) is 3.22. The van der Waals surface area contributed by atoms with Crippen molar-refractivity contribution in [1.82, 2.24) is 14.5 Å². The molecule has 4 rings (SSSR count). The molecule has 26 heavy (non-hydrogen) atoms. The van der Waals surface area contributed by atoms with Crippen molar-refractivity contribution in [3.63, 3.8) is 0 Å². The largest absolute Gasteiger partial charge is 0.387 e. The van der Waals surface area contributed by atoms with Gasteiger partial charge in [0.1, 0.15) is 48.0 Å². The summed E-state index contributed by atoms with van der Waals surface area (Å²) in [5.74, 6) is -0.160. The number of nitrogen functional groups attached to an aromatic ring is 1. The molecular formula is C17H17FN4O4. The van der Waals surface area contributed by atoms with Gasteiger partial charge in [0, 0.05) is 6.20 Å². The highest BCUT2D eigenvalue weighted by Gasteiger charge is 2.47. The minimum absolute atomic E-state index is 0.282. The lowest BCUT2D eigenvalue weighted by atomic mass is 9.99. The maximum atomic E-state index is 13.1. The Morgan fingerprint density at radius 3 is 2.58 bits per heavy atom. The van der Waals surface area contributed by atoms with E-state index in [1.807, 2.05) is 0 Å². The van der Waals surface area contributed by atoms with E-state index in [0.29, 0.717) is 16.6 Å². The monoisotopic (exact) mass is 360 g/mol. The normalized spacial score (nSPS) is 27.1. The fourth-order valence-corrected chi connectivity index (χ4v) is 3.22. The molecule has 3 heterocycles. The van der Waals surface area contributed by atoms with Crippen molar-refractivity contribution in [1.29, 1.82) is 0 Å². The molecule has 0 aliphatic carbocycles. The molecule has 0 radical (unpaired) electrons.